The highest BCUT2D eigenvalue weighted by molar-refractivity contribution is 6.09. The molecule has 15 heavy (non-hydrogen) atoms. The molecule has 1 heteroatoms. The number of fused-ring (bicyclic) bond motifs is 3. The Balaban J connectivity index is 2.64. The molecule has 0 bridgehead atoms. The molecule has 0 heterocycles. The first-order chi connectivity index (χ1) is 7.36. The maximum Gasteiger partial charge on any atom is 0.187 e. The van der Waals surface area contributed by atoms with Crippen molar-refractivity contribution < 1.29 is 5.11 Å². The molecule has 0 amide bonds. The van der Waals surface area contributed by atoms with Gasteiger partial charge < -0.3 is 0 Å². The zero-order valence-electron chi connectivity index (χ0n) is 8.10. The SMILES string of the molecule is [O]c1cc2ccccc2c2ccccc12. The van der Waals surface area contributed by atoms with E-state index in [1.807, 2.05) is 42.5 Å². The Morgan fingerprint density at radius 3 is 2.07 bits per heavy atom. The van der Waals surface area contributed by atoms with Crippen LogP contribution < -0.4 is 0 Å². The Kier molecular flexibility index (Phi) is 1.65. The lowest BCUT2D eigenvalue weighted by atomic mass is 10.0. The molecule has 0 atom stereocenters. The molecule has 0 fully saturated rings. The van der Waals surface area contributed by atoms with E-state index in [0.29, 0.717) is 0 Å². The van der Waals surface area contributed by atoms with Gasteiger partial charge in [-0.15, -0.1) is 0 Å². The first kappa shape index (κ1) is 8.30. The van der Waals surface area contributed by atoms with Crippen molar-refractivity contribution in [3.8, 4) is 5.75 Å². The topological polar surface area (TPSA) is 19.9 Å². The van der Waals surface area contributed by atoms with Crippen LogP contribution in [0.25, 0.3) is 21.5 Å². The lowest BCUT2D eigenvalue weighted by molar-refractivity contribution is 0.361. The molecular weight excluding hydrogens is 184 g/mol. The van der Waals surface area contributed by atoms with Gasteiger partial charge in [0.05, 0.1) is 0 Å². The fourth-order valence-corrected chi connectivity index (χ4v) is 2.02. The summed E-state index contributed by atoms with van der Waals surface area (Å²) in [7, 11) is 0. The molecule has 0 unspecified atom stereocenters. The van der Waals surface area contributed by atoms with Gasteiger partial charge in [0, 0.05) is 5.39 Å². The van der Waals surface area contributed by atoms with Crippen molar-refractivity contribution in [2.24, 2.45) is 0 Å². The van der Waals surface area contributed by atoms with Crippen LogP contribution in [0, 0.1) is 0 Å². The van der Waals surface area contributed by atoms with Crippen molar-refractivity contribution in [1.29, 1.82) is 0 Å². The van der Waals surface area contributed by atoms with Crippen molar-refractivity contribution in [3.63, 3.8) is 0 Å². The van der Waals surface area contributed by atoms with Crippen molar-refractivity contribution >= 4 is 21.5 Å². The van der Waals surface area contributed by atoms with Gasteiger partial charge in [-0.05, 0) is 22.2 Å². The summed E-state index contributed by atoms with van der Waals surface area (Å²) in [6.45, 7) is 0. The van der Waals surface area contributed by atoms with E-state index in [1.165, 1.54) is 0 Å². The van der Waals surface area contributed by atoms with E-state index in [1.54, 1.807) is 6.07 Å². The lowest BCUT2D eigenvalue weighted by Gasteiger charge is -2.03. The van der Waals surface area contributed by atoms with Crippen molar-refractivity contribution in [3.05, 3.63) is 54.6 Å². The summed E-state index contributed by atoms with van der Waals surface area (Å²) in [6.07, 6.45) is 0. The van der Waals surface area contributed by atoms with Crippen LogP contribution in [0.1, 0.15) is 0 Å². The van der Waals surface area contributed by atoms with Gasteiger partial charge in [0.25, 0.3) is 0 Å². The minimum atomic E-state index is 0.101. The van der Waals surface area contributed by atoms with E-state index in [4.69, 9.17) is 0 Å². The molecular formula is C14H9O. The highest BCUT2D eigenvalue weighted by Gasteiger charge is 2.05. The zero-order valence-corrected chi connectivity index (χ0v) is 8.10. The fourth-order valence-electron chi connectivity index (χ4n) is 2.02. The molecule has 0 aliphatic rings. The zero-order chi connectivity index (χ0) is 10.3. The second-order valence-electron chi connectivity index (χ2n) is 3.64. The summed E-state index contributed by atoms with van der Waals surface area (Å²) in [5, 5.41) is 15.8. The molecule has 0 aliphatic carbocycles. The first-order valence-corrected chi connectivity index (χ1v) is 4.94. The van der Waals surface area contributed by atoms with Gasteiger partial charge in [-0.2, -0.15) is 0 Å². The third-order valence-corrected chi connectivity index (χ3v) is 2.73. The Bertz CT molecular complexity index is 641. The summed E-state index contributed by atoms with van der Waals surface area (Å²) in [5.41, 5.74) is 0. The second-order valence-corrected chi connectivity index (χ2v) is 3.64. The molecule has 0 spiro atoms. The van der Waals surface area contributed by atoms with Gasteiger partial charge in [0.2, 0.25) is 0 Å². The molecule has 0 aromatic heterocycles. The maximum absolute atomic E-state index is 11.8. The maximum atomic E-state index is 11.8. The average molecular weight is 193 g/mol. The monoisotopic (exact) mass is 193 g/mol. The van der Waals surface area contributed by atoms with E-state index >= 15 is 0 Å². The van der Waals surface area contributed by atoms with Crippen molar-refractivity contribution in [2.75, 3.05) is 0 Å². The predicted octanol–water partition coefficient (Wildman–Crippen LogP) is 4.14. The van der Waals surface area contributed by atoms with E-state index < -0.39 is 0 Å². The Hall–Kier alpha value is -2.02. The molecule has 0 aliphatic heterocycles. The van der Waals surface area contributed by atoms with E-state index in [-0.39, 0.29) is 5.75 Å². The normalized spacial score (nSPS) is 10.9. The molecule has 71 valence electrons. The largest absolute Gasteiger partial charge is 0.289 e. The minimum Gasteiger partial charge on any atom is -0.289 e. The standard InChI is InChI=1S/C14H9O/c15-14-9-10-5-1-2-6-11(10)12-7-3-4-8-13(12)14/h1-9H. The minimum absolute atomic E-state index is 0.101. The van der Waals surface area contributed by atoms with E-state index in [9.17, 15) is 5.11 Å². The van der Waals surface area contributed by atoms with Gasteiger partial charge >= 0.3 is 0 Å². The van der Waals surface area contributed by atoms with Crippen LogP contribution in [-0.4, -0.2) is 0 Å². The summed E-state index contributed by atoms with van der Waals surface area (Å²) < 4.78 is 0. The van der Waals surface area contributed by atoms with Gasteiger partial charge in [-0.25, -0.2) is 0 Å². The lowest BCUT2D eigenvalue weighted by Crippen LogP contribution is -1.77. The van der Waals surface area contributed by atoms with E-state index in [2.05, 4.69) is 6.07 Å². The first-order valence-electron chi connectivity index (χ1n) is 4.94. The molecule has 3 rings (SSSR count). The van der Waals surface area contributed by atoms with Crippen LogP contribution >= 0.6 is 0 Å². The highest BCUT2D eigenvalue weighted by atomic mass is 16.3. The molecule has 1 radical (unpaired) electrons. The molecule has 3 aromatic rings. The van der Waals surface area contributed by atoms with Crippen LogP contribution in [0.3, 0.4) is 0 Å². The highest BCUT2D eigenvalue weighted by Crippen LogP contribution is 2.32. The Morgan fingerprint density at radius 1 is 0.667 bits per heavy atom. The molecule has 3 aromatic carbocycles. The smallest absolute Gasteiger partial charge is 0.187 e. The number of hydrogen-bond acceptors (Lipinski definition) is 0. The molecule has 0 N–H and O–H groups in total. The number of hydrogen-bond donors (Lipinski definition) is 0. The third-order valence-electron chi connectivity index (χ3n) is 2.73. The Morgan fingerprint density at radius 2 is 1.27 bits per heavy atom. The van der Waals surface area contributed by atoms with Gasteiger partial charge in [0.1, 0.15) is 0 Å². The summed E-state index contributed by atoms with van der Waals surface area (Å²) in [4.78, 5) is 0. The number of benzene rings is 3. The fraction of sp³-hybridized carbons (Fsp3) is 0. The quantitative estimate of drug-likeness (QED) is 0.478. The van der Waals surface area contributed by atoms with Crippen LogP contribution in [0.2, 0.25) is 0 Å². The second kappa shape index (κ2) is 2.99. The summed E-state index contributed by atoms with van der Waals surface area (Å²) >= 11 is 0. The molecule has 0 saturated carbocycles. The van der Waals surface area contributed by atoms with Crippen LogP contribution in [0.4, 0.5) is 0 Å². The van der Waals surface area contributed by atoms with E-state index in [0.717, 1.165) is 21.5 Å². The third kappa shape index (κ3) is 1.17. The molecule has 0 saturated heterocycles. The summed E-state index contributed by atoms with van der Waals surface area (Å²) in [6, 6.07) is 17.4. The summed E-state index contributed by atoms with van der Waals surface area (Å²) in [5.74, 6) is 0.101. The Labute approximate surface area is 87.6 Å². The number of rotatable bonds is 0. The van der Waals surface area contributed by atoms with Gasteiger partial charge in [0.15, 0.2) is 5.75 Å². The molecule has 1 nitrogen and oxygen atoms in total. The van der Waals surface area contributed by atoms with Crippen LogP contribution in [0.5, 0.6) is 5.75 Å². The van der Waals surface area contributed by atoms with Crippen LogP contribution in [0.15, 0.2) is 54.6 Å². The van der Waals surface area contributed by atoms with Crippen LogP contribution in [-0.2, 0) is 5.11 Å². The van der Waals surface area contributed by atoms with Crippen molar-refractivity contribution in [2.45, 2.75) is 0 Å². The van der Waals surface area contributed by atoms with Crippen molar-refractivity contribution in [1.82, 2.24) is 0 Å². The predicted molar refractivity (Wildman–Crippen MR) is 61.6 cm³/mol. The van der Waals surface area contributed by atoms with Gasteiger partial charge in [-0.1, -0.05) is 48.5 Å². The van der Waals surface area contributed by atoms with Gasteiger partial charge in [-0.3, -0.25) is 5.11 Å². The average Bonchev–Trinajstić information content (AvgIpc) is 2.30.